The standard InChI is InChI=1S/C16H15F3N2O5/c1-3-5-24-9-12-11(25-6-4-2)7-13(26-12)21-8-10(16(17,18)19)14(22)20-15(21)23/h1-2,8,11-13H,5-7,9H2,(H,20,22,23)/t11-,12+,13+/m0/s1. The molecule has 26 heavy (non-hydrogen) atoms. The van der Waals surface area contributed by atoms with Gasteiger partial charge in [0.1, 0.15) is 31.1 Å². The number of H-pyrrole nitrogens is 1. The Kier molecular flexibility index (Phi) is 6.27. The second-order valence-corrected chi connectivity index (χ2v) is 5.34. The van der Waals surface area contributed by atoms with Gasteiger partial charge in [0.15, 0.2) is 0 Å². The molecule has 7 nitrogen and oxygen atoms in total. The Morgan fingerprint density at radius 3 is 2.62 bits per heavy atom. The fourth-order valence-electron chi connectivity index (χ4n) is 2.49. The number of terminal acetylenes is 2. The lowest BCUT2D eigenvalue weighted by Gasteiger charge is -2.18. The van der Waals surface area contributed by atoms with Gasteiger partial charge in [-0.3, -0.25) is 14.3 Å². The van der Waals surface area contributed by atoms with Crippen LogP contribution >= 0.6 is 0 Å². The molecule has 1 fully saturated rings. The molecule has 1 aliphatic rings. The summed E-state index contributed by atoms with van der Waals surface area (Å²) in [6.45, 7) is -0.0515. The van der Waals surface area contributed by atoms with Crippen LogP contribution in [0.25, 0.3) is 0 Å². The number of alkyl halides is 3. The molecule has 1 N–H and O–H groups in total. The number of rotatable bonds is 6. The molecule has 0 aliphatic carbocycles. The van der Waals surface area contributed by atoms with Crippen LogP contribution in [-0.4, -0.2) is 41.6 Å². The molecule has 0 bridgehead atoms. The van der Waals surface area contributed by atoms with Crippen LogP contribution in [0.4, 0.5) is 13.2 Å². The SMILES string of the molecule is C#CCOC[C@H]1O[C@@H](n2cc(C(F)(F)F)c(=O)[nH]c2=O)C[C@@H]1OCC#C. The van der Waals surface area contributed by atoms with Crippen LogP contribution in [0.15, 0.2) is 15.8 Å². The molecule has 1 aromatic heterocycles. The lowest BCUT2D eigenvalue weighted by atomic mass is 10.2. The predicted molar refractivity (Wildman–Crippen MR) is 83.1 cm³/mol. The minimum atomic E-state index is -4.92. The van der Waals surface area contributed by atoms with Gasteiger partial charge < -0.3 is 14.2 Å². The molecule has 0 radical (unpaired) electrons. The van der Waals surface area contributed by atoms with Gasteiger partial charge in [-0.25, -0.2) is 4.79 Å². The number of nitrogens with zero attached hydrogens (tertiary/aromatic N) is 1. The highest BCUT2D eigenvalue weighted by Gasteiger charge is 2.40. The predicted octanol–water partition coefficient (Wildman–Crippen LogP) is 0.511. The monoisotopic (exact) mass is 372 g/mol. The molecule has 0 saturated carbocycles. The number of nitrogens with one attached hydrogen (secondary N) is 1. The zero-order valence-electron chi connectivity index (χ0n) is 13.4. The van der Waals surface area contributed by atoms with Crippen LogP contribution in [0.1, 0.15) is 18.2 Å². The van der Waals surface area contributed by atoms with Gasteiger partial charge in [0.25, 0.3) is 5.56 Å². The zero-order valence-corrected chi connectivity index (χ0v) is 13.4. The number of ether oxygens (including phenoxy) is 3. The molecule has 0 aromatic carbocycles. The maximum Gasteiger partial charge on any atom is 0.423 e. The summed E-state index contributed by atoms with van der Waals surface area (Å²) in [6, 6.07) is 0. The molecular weight excluding hydrogens is 357 g/mol. The quantitative estimate of drug-likeness (QED) is 0.581. The molecule has 2 rings (SSSR count). The summed E-state index contributed by atoms with van der Waals surface area (Å²) in [7, 11) is 0. The van der Waals surface area contributed by atoms with Gasteiger partial charge in [-0.15, -0.1) is 12.8 Å². The molecule has 0 unspecified atom stereocenters. The average Bonchev–Trinajstić information content (AvgIpc) is 2.94. The molecule has 1 aromatic rings. The lowest BCUT2D eigenvalue weighted by molar-refractivity contribution is -0.139. The van der Waals surface area contributed by atoms with Gasteiger partial charge in [0.2, 0.25) is 0 Å². The van der Waals surface area contributed by atoms with E-state index in [2.05, 4.69) is 11.8 Å². The van der Waals surface area contributed by atoms with Crippen LogP contribution in [0, 0.1) is 24.7 Å². The average molecular weight is 372 g/mol. The number of hydrogen-bond acceptors (Lipinski definition) is 5. The number of halogens is 3. The smallest absolute Gasteiger partial charge is 0.366 e. The number of aromatic amines is 1. The third-order valence-corrected chi connectivity index (χ3v) is 3.61. The zero-order chi connectivity index (χ0) is 19.3. The van der Waals surface area contributed by atoms with Gasteiger partial charge >= 0.3 is 11.9 Å². The molecule has 0 amide bonds. The van der Waals surface area contributed by atoms with Crippen molar-refractivity contribution in [1.82, 2.24) is 9.55 Å². The first-order valence-electron chi connectivity index (χ1n) is 7.42. The van der Waals surface area contributed by atoms with E-state index in [9.17, 15) is 22.8 Å². The van der Waals surface area contributed by atoms with Crippen molar-refractivity contribution in [2.75, 3.05) is 19.8 Å². The summed E-state index contributed by atoms with van der Waals surface area (Å²) in [6.07, 6.45) is 3.34. The summed E-state index contributed by atoms with van der Waals surface area (Å²) in [5, 5.41) is 0. The van der Waals surface area contributed by atoms with Crippen molar-refractivity contribution < 1.29 is 27.4 Å². The molecule has 3 atom stereocenters. The van der Waals surface area contributed by atoms with E-state index in [1.807, 2.05) is 0 Å². The Morgan fingerprint density at radius 1 is 1.31 bits per heavy atom. The van der Waals surface area contributed by atoms with E-state index in [0.717, 1.165) is 0 Å². The summed E-state index contributed by atoms with van der Waals surface area (Å²) in [4.78, 5) is 24.9. The van der Waals surface area contributed by atoms with Crippen LogP contribution in [-0.2, 0) is 20.4 Å². The molecule has 1 saturated heterocycles. The Balaban J connectivity index is 2.28. The minimum absolute atomic E-state index is 0.000169. The van der Waals surface area contributed by atoms with E-state index in [1.165, 1.54) is 0 Å². The highest BCUT2D eigenvalue weighted by atomic mass is 19.4. The molecular formula is C16H15F3N2O5. The second-order valence-electron chi connectivity index (χ2n) is 5.34. The fourth-order valence-corrected chi connectivity index (χ4v) is 2.49. The topological polar surface area (TPSA) is 82.5 Å². The number of hydrogen-bond donors (Lipinski definition) is 1. The third-order valence-electron chi connectivity index (χ3n) is 3.61. The van der Waals surface area contributed by atoms with E-state index < -0.39 is 41.4 Å². The molecule has 140 valence electrons. The van der Waals surface area contributed by atoms with E-state index >= 15 is 0 Å². The van der Waals surface area contributed by atoms with E-state index in [1.54, 1.807) is 4.98 Å². The van der Waals surface area contributed by atoms with Crippen molar-refractivity contribution in [1.29, 1.82) is 0 Å². The van der Waals surface area contributed by atoms with Crippen LogP contribution < -0.4 is 11.2 Å². The first kappa shape index (κ1) is 19.8. The maximum absolute atomic E-state index is 12.9. The van der Waals surface area contributed by atoms with E-state index in [4.69, 9.17) is 27.1 Å². The second kappa shape index (κ2) is 8.23. The maximum atomic E-state index is 12.9. The molecule has 2 heterocycles. The fraction of sp³-hybridized carbons (Fsp3) is 0.500. The van der Waals surface area contributed by atoms with Crippen LogP contribution in [0.3, 0.4) is 0 Å². The first-order chi connectivity index (χ1) is 12.3. The Hall–Kier alpha value is -2.53. The van der Waals surface area contributed by atoms with Crippen molar-refractivity contribution in [2.45, 2.75) is 31.0 Å². The number of aromatic nitrogens is 2. The first-order valence-corrected chi connectivity index (χ1v) is 7.42. The summed E-state index contributed by atoms with van der Waals surface area (Å²) in [5.41, 5.74) is -4.06. The van der Waals surface area contributed by atoms with Crippen molar-refractivity contribution in [3.63, 3.8) is 0 Å². The van der Waals surface area contributed by atoms with Crippen molar-refractivity contribution >= 4 is 0 Å². The largest absolute Gasteiger partial charge is 0.423 e. The van der Waals surface area contributed by atoms with Gasteiger partial charge in [0.05, 0.1) is 12.7 Å². The van der Waals surface area contributed by atoms with Crippen LogP contribution in [0.5, 0.6) is 0 Å². The Bertz CT molecular complexity index is 830. The summed E-state index contributed by atoms with van der Waals surface area (Å²) in [5.74, 6) is 4.53. The van der Waals surface area contributed by atoms with Crippen molar-refractivity contribution in [3.8, 4) is 24.7 Å². The Labute approximate surface area is 146 Å². The Morgan fingerprint density at radius 2 is 2.00 bits per heavy atom. The van der Waals surface area contributed by atoms with E-state index in [0.29, 0.717) is 10.8 Å². The summed E-state index contributed by atoms with van der Waals surface area (Å²) < 4.78 is 55.6. The highest BCUT2D eigenvalue weighted by molar-refractivity contribution is 5.09. The highest BCUT2D eigenvalue weighted by Crippen LogP contribution is 2.31. The van der Waals surface area contributed by atoms with Crippen LogP contribution in [0.2, 0.25) is 0 Å². The van der Waals surface area contributed by atoms with E-state index in [-0.39, 0.29) is 26.2 Å². The third kappa shape index (κ3) is 4.55. The summed E-state index contributed by atoms with van der Waals surface area (Å²) >= 11 is 0. The van der Waals surface area contributed by atoms with Gasteiger partial charge in [-0.1, -0.05) is 11.8 Å². The van der Waals surface area contributed by atoms with Gasteiger partial charge in [-0.05, 0) is 0 Å². The lowest BCUT2D eigenvalue weighted by Crippen LogP contribution is -2.36. The molecule has 1 aliphatic heterocycles. The van der Waals surface area contributed by atoms with Crippen molar-refractivity contribution in [3.05, 3.63) is 32.6 Å². The van der Waals surface area contributed by atoms with Crippen molar-refractivity contribution in [2.24, 2.45) is 0 Å². The van der Waals surface area contributed by atoms with Gasteiger partial charge in [0, 0.05) is 12.6 Å². The molecule has 0 spiro atoms. The van der Waals surface area contributed by atoms with Gasteiger partial charge in [-0.2, -0.15) is 13.2 Å². The minimum Gasteiger partial charge on any atom is -0.366 e. The molecule has 10 heteroatoms. The normalized spacial score (nSPS) is 22.7.